The fraction of sp³-hybridized carbons (Fsp3) is 0.333. The first-order valence-electron chi connectivity index (χ1n) is 6.92. The second-order valence-electron chi connectivity index (χ2n) is 5.50. The summed E-state index contributed by atoms with van der Waals surface area (Å²) in [4.78, 5) is 25.2. The van der Waals surface area contributed by atoms with Crippen molar-refractivity contribution in [1.82, 2.24) is 4.90 Å². The standard InChI is InChI=1S/C15H14ClNO5S/c1-9-8-23(20,21)14-11(16)13(18)17(14)12(9)15(19)22-7-10-5-3-2-4-6-10/h2-6,11,14H,7-8H2,1H3/t11-,14+/m0/s1. The maximum Gasteiger partial charge on any atom is 0.355 e. The van der Waals surface area contributed by atoms with Gasteiger partial charge in [0, 0.05) is 0 Å². The summed E-state index contributed by atoms with van der Waals surface area (Å²) < 4.78 is 29.4. The molecule has 2 atom stereocenters. The Morgan fingerprint density at radius 3 is 2.65 bits per heavy atom. The van der Waals surface area contributed by atoms with Crippen molar-refractivity contribution in [3.05, 3.63) is 47.2 Å². The van der Waals surface area contributed by atoms with Crippen molar-refractivity contribution in [3.63, 3.8) is 0 Å². The van der Waals surface area contributed by atoms with E-state index in [1.807, 2.05) is 18.2 Å². The number of amides is 1. The average molecular weight is 356 g/mol. The Bertz CT molecular complexity index is 802. The molecule has 0 spiro atoms. The molecule has 1 aromatic rings. The Morgan fingerprint density at radius 1 is 1.35 bits per heavy atom. The molecule has 2 aliphatic rings. The minimum absolute atomic E-state index is 0.0114. The summed E-state index contributed by atoms with van der Waals surface area (Å²) in [6.45, 7) is 1.54. The van der Waals surface area contributed by atoms with Crippen molar-refractivity contribution >= 4 is 33.3 Å². The van der Waals surface area contributed by atoms with Crippen LogP contribution >= 0.6 is 11.6 Å². The monoisotopic (exact) mass is 355 g/mol. The SMILES string of the molecule is CC1=C(C(=O)OCc2ccccc2)N2C(=O)[C@H](Cl)[C@H]2S(=O)(=O)C1. The zero-order valence-electron chi connectivity index (χ0n) is 12.2. The van der Waals surface area contributed by atoms with Gasteiger partial charge in [0.15, 0.2) is 15.2 Å². The van der Waals surface area contributed by atoms with E-state index in [2.05, 4.69) is 0 Å². The number of sulfone groups is 1. The van der Waals surface area contributed by atoms with Gasteiger partial charge in [-0.3, -0.25) is 9.69 Å². The molecule has 0 aliphatic carbocycles. The highest BCUT2D eigenvalue weighted by Gasteiger charge is 2.59. The molecule has 0 saturated carbocycles. The molecule has 1 amide bonds. The Hall–Kier alpha value is -1.86. The summed E-state index contributed by atoms with van der Waals surface area (Å²) in [5.74, 6) is -1.62. The van der Waals surface area contributed by atoms with Gasteiger partial charge in [-0.25, -0.2) is 13.2 Å². The number of carbonyl (C=O) groups excluding carboxylic acids is 2. The molecule has 1 fully saturated rings. The molecular weight excluding hydrogens is 342 g/mol. The molecular formula is C15H14ClNO5S. The van der Waals surface area contributed by atoms with Gasteiger partial charge in [0.2, 0.25) is 5.91 Å². The van der Waals surface area contributed by atoms with Gasteiger partial charge in [-0.05, 0) is 18.1 Å². The van der Waals surface area contributed by atoms with Crippen LogP contribution in [0.15, 0.2) is 41.6 Å². The number of alkyl halides is 1. The van der Waals surface area contributed by atoms with Crippen LogP contribution < -0.4 is 0 Å². The van der Waals surface area contributed by atoms with E-state index in [1.165, 1.54) is 6.92 Å². The molecule has 2 aliphatic heterocycles. The molecule has 6 nitrogen and oxygen atoms in total. The number of fused-ring (bicyclic) bond motifs is 1. The molecule has 0 aromatic heterocycles. The van der Waals surface area contributed by atoms with Crippen molar-refractivity contribution in [2.45, 2.75) is 24.3 Å². The first-order valence-corrected chi connectivity index (χ1v) is 9.07. The minimum atomic E-state index is -3.58. The van der Waals surface area contributed by atoms with Crippen LogP contribution in [0.4, 0.5) is 0 Å². The lowest BCUT2D eigenvalue weighted by Crippen LogP contribution is -2.68. The van der Waals surface area contributed by atoms with E-state index < -0.39 is 32.5 Å². The molecule has 1 saturated heterocycles. The second kappa shape index (κ2) is 5.65. The van der Waals surface area contributed by atoms with Crippen molar-refractivity contribution in [2.24, 2.45) is 0 Å². The van der Waals surface area contributed by atoms with E-state index in [0.29, 0.717) is 0 Å². The average Bonchev–Trinajstić information content (AvgIpc) is 2.51. The van der Waals surface area contributed by atoms with E-state index in [4.69, 9.17) is 16.3 Å². The topological polar surface area (TPSA) is 80.8 Å². The van der Waals surface area contributed by atoms with Crippen LogP contribution in [0, 0.1) is 0 Å². The summed E-state index contributed by atoms with van der Waals surface area (Å²) in [6, 6.07) is 9.06. The number of benzene rings is 1. The van der Waals surface area contributed by atoms with Crippen molar-refractivity contribution in [3.8, 4) is 0 Å². The number of esters is 1. The quantitative estimate of drug-likeness (QED) is 0.462. The van der Waals surface area contributed by atoms with E-state index >= 15 is 0 Å². The normalized spacial score (nSPS) is 25.7. The molecule has 0 N–H and O–H groups in total. The van der Waals surface area contributed by atoms with E-state index in [0.717, 1.165) is 10.5 Å². The highest BCUT2D eigenvalue weighted by atomic mass is 35.5. The molecule has 0 bridgehead atoms. The van der Waals surface area contributed by atoms with Gasteiger partial charge in [0.1, 0.15) is 17.7 Å². The summed E-state index contributed by atoms with van der Waals surface area (Å²) in [6.07, 6.45) is 0. The minimum Gasteiger partial charge on any atom is -0.456 e. The van der Waals surface area contributed by atoms with Gasteiger partial charge < -0.3 is 4.74 Å². The fourth-order valence-electron chi connectivity index (χ4n) is 2.73. The lowest BCUT2D eigenvalue weighted by Gasteiger charge is -2.46. The number of carbonyl (C=O) groups is 2. The number of ether oxygens (including phenoxy) is 1. The maximum absolute atomic E-state index is 12.3. The predicted octanol–water partition coefficient (Wildman–Crippen LogP) is 1.21. The lowest BCUT2D eigenvalue weighted by molar-refractivity contribution is -0.150. The molecule has 8 heteroatoms. The van der Waals surface area contributed by atoms with Crippen molar-refractivity contribution in [1.29, 1.82) is 0 Å². The van der Waals surface area contributed by atoms with E-state index in [9.17, 15) is 18.0 Å². The van der Waals surface area contributed by atoms with Crippen molar-refractivity contribution in [2.75, 3.05) is 5.75 Å². The fourth-order valence-corrected chi connectivity index (χ4v) is 5.34. The number of hydrogen-bond acceptors (Lipinski definition) is 5. The van der Waals surface area contributed by atoms with Crippen LogP contribution in [-0.2, 0) is 30.8 Å². The zero-order valence-corrected chi connectivity index (χ0v) is 13.8. The van der Waals surface area contributed by atoms with Crippen LogP contribution in [0.2, 0.25) is 0 Å². The number of hydrogen-bond donors (Lipinski definition) is 0. The molecule has 0 unspecified atom stereocenters. The van der Waals surface area contributed by atoms with Crippen LogP contribution in [0.25, 0.3) is 0 Å². The van der Waals surface area contributed by atoms with Gasteiger partial charge in [-0.1, -0.05) is 30.3 Å². The Kier molecular flexibility index (Phi) is 3.93. The Balaban J connectivity index is 1.83. The second-order valence-corrected chi connectivity index (χ2v) is 8.07. The van der Waals surface area contributed by atoms with Crippen LogP contribution in [0.3, 0.4) is 0 Å². The third kappa shape index (κ3) is 2.64. The summed E-state index contributed by atoms with van der Waals surface area (Å²) >= 11 is 5.80. The smallest absolute Gasteiger partial charge is 0.355 e. The molecule has 2 heterocycles. The first kappa shape index (κ1) is 16.0. The molecule has 0 radical (unpaired) electrons. The first-order chi connectivity index (χ1) is 10.8. The molecule has 3 rings (SSSR count). The summed E-state index contributed by atoms with van der Waals surface area (Å²) in [7, 11) is -3.58. The number of halogens is 1. The van der Waals surface area contributed by atoms with E-state index in [1.54, 1.807) is 12.1 Å². The molecule has 23 heavy (non-hydrogen) atoms. The zero-order chi connectivity index (χ0) is 16.8. The molecule has 1 aromatic carbocycles. The van der Waals surface area contributed by atoms with Crippen LogP contribution in [0.1, 0.15) is 12.5 Å². The maximum atomic E-state index is 12.3. The summed E-state index contributed by atoms with van der Waals surface area (Å²) in [5.41, 5.74) is 1.07. The van der Waals surface area contributed by atoms with Gasteiger partial charge in [0.05, 0.1) is 5.75 Å². The van der Waals surface area contributed by atoms with Gasteiger partial charge >= 0.3 is 5.97 Å². The Labute approximate surface area is 138 Å². The summed E-state index contributed by atoms with van der Waals surface area (Å²) in [5, 5.41) is -2.33. The predicted molar refractivity (Wildman–Crippen MR) is 83.0 cm³/mol. The number of nitrogens with zero attached hydrogens (tertiary/aromatic N) is 1. The van der Waals surface area contributed by atoms with Gasteiger partial charge in [0.25, 0.3) is 0 Å². The number of rotatable bonds is 3. The third-order valence-electron chi connectivity index (χ3n) is 3.82. The largest absolute Gasteiger partial charge is 0.456 e. The van der Waals surface area contributed by atoms with Crippen LogP contribution in [0.5, 0.6) is 0 Å². The highest BCUT2D eigenvalue weighted by Crippen LogP contribution is 2.39. The molecule has 122 valence electrons. The van der Waals surface area contributed by atoms with Crippen molar-refractivity contribution < 1.29 is 22.7 Å². The van der Waals surface area contributed by atoms with Gasteiger partial charge in [-0.15, -0.1) is 11.6 Å². The number of β-lactam (4-membered cyclic amide) rings is 1. The highest BCUT2D eigenvalue weighted by molar-refractivity contribution is 7.92. The van der Waals surface area contributed by atoms with Crippen LogP contribution in [-0.4, -0.2) is 41.7 Å². The lowest BCUT2D eigenvalue weighted by atomic mass is 10.1. The van der Waals surface area contributed by atoms with Gasteiger partial charge in [-0.2, -0.15) is 0 Å². The third-order valence-corrected chi connectivity index (χ3v) is 6.44. The Morgan fingerprint density at radius 2 is 2.00 bits per heavy atom. The van der Waals surface area contributed by atoms with E-state index in [-0.39, 0.29) is 23.6 Å².